The van der Waals surface area contributed by atoms with Crippen molar-refractivity contribution in [2.24, 2.45) is 11.5 Å². The summed E-state index contributed by atoms with van der Waals surface area (Å²) in [5.74, 6) is -8.03. The molecule has 2 aliphatic heterocycles. The van der Waals surface area contributed by atoms with Crippen LogP contribution in [0.3, 0.4) is 0 Å². The lowest BCUT2D eigenvalue weighted by Crippen LogP contribution is -2.62. The summed E-state index contributed by atoms with van der Waals surface area (Å²) in [5, 5.41) is 29.2. The third-order valence-corrected chi connectivity index (χ3v) is 18.2. The molecule has 2 aromatic carbocycles. The van der Waals surface area contributed by atoms with Crippen molar-refractivity contribution in [3.8, 4) is 0 Å². The topological polar surface area (TPSA) is 447 Å². The number of likely N-dealkylation sites (N-methyl/N-ethyl adjacent to an activating group) is 1. The van der Waals surface area contributed by atoms with Gasteiger partial charge in [0.05, 0.1) is 18.2 Å². The quantitative estimate of drug-likeness (QED) is 0.0193. The second kappa shape index (κ2) is 34.3. The highest BCUT2D eigenvalue weighted by Crippen LogP contribution is 2.38. The molecule has 12 atom stereocenters. The van der Waals surface area contributed by atoms with Gasteiger partial charge in [-0.05, 0) is 94.2 Å². The summed E-state index contributed by atoms with van der Waals surface area (Å²) in [5.41, 5.74) is 11.9. The highest BCUT2D eigenvalue weighted by molar-refractivity contribution is 8.00. The highest BCUT2D eigenvalue weighted by atomic mass is 32.2. The number of phosphoric acid groups is 1. The fraction of sp³-hybridized carbons (Fsp3) is 0.544. The fourth-order valence-corrected chi connectivity index (χ4v) is 13.0. The van der Waals surface area contributed by atoms with E-state index in [0.717, 1.165) is 47.6 Å². The number of nitrogens with one attached hydrogen (secondary N) is 10. The summed E-state index contributed by atoms with van der Waals surface area (Å²) in [6.07, 6.45) is 1.02. The van der Waals surface area contributed by atoms with E-state index in [-0.39, 0.29) is 56.1 Å². The van der Waals surface area contributed by atoms with Crippen molar-refractivity contribution in [2.45, 2.75) is 177 Å². The van der Waals surface area contributed by atoms with E-state index in [1.54, 1.807) is 47.8 Å². The number of urea groups is 1. The number of thioether (sulfide) groups is 1. The van der Waals surface area contributed by atoms with E-state index in [1.807, 2.05) is 23.9 Å². The molecule has 13 amide bonds. The molecule has 2 fully saturated rings. The van der Waals surface area contributed by atoms with Crippen molar-refractivity contribution < 1.29 is 76.4 Å². The van der Waals surface area contributed by atoms with Crippen LogP contribution in [0.5, 0.6) is 0 Å². The average Bonchev–Trinajstić information content (AvgIpc) is 2.39. The van der Waals surface area contributed by atoms with Gasteiger partial charge in [0.15, 0.2) is 0 Å². The maximum atomic E-state index is 14.5. The molecule has 5 rings (SSSR count). The number of amides is 13. The number of hydrogen-bond donors (Lipinski definition) is 14. The number of carbonyl (C=O) groups excluding carboxylic acids is 12. The van der Waals surface area contributed by atoms with Gasteiger partial charge in [-0.3, -0.25) is 57.3 Å². The lowest BCUT2D eigenvalue weighted by atomic mass is 10.0. The van der Waals surface area contributed by atoms with Crippen LogP contribution in [0.4, 0.5) is 4.79 Å². The second-order valence-electron chi connectivity index (χ2n) is 22.1. The van der Waals surface area contributed by atoms with Gasteiger partial charge in [-0.25, -0.2) is 9.36 Å². The Kier molecular flexibility index (Phi) is 27.8. The van der Waals surface area contributed by atoms with Crippen LogP contribution >= 0.6 is 30.9 Å². The molecule has 0 saturated carbocycles. The number of nitrogens with two attached hydrogens (primary N) is 2. The molecule has 0 spiro atoms. The van der Waals surface area contributed by atoms with Gasteiger partial charge in [0.1, 0.15) is 48.3 Å². The monoisotopic (exact) mass is 1300 g/mol. The van der Waals surface area contributed by atoms with E-state index < -0.39 is 121 Å². The molecule has 2 saturated heterocycles. The molecule has 89 heavy (non-hydrogen) atoms. The number of phosphoric ester groups is 1. The third kappa shape index (κ3) is 23.0. The first-order valence-corrected chi connectivity index (χ1v) is 32.6. The van der Waals surface area contributed by atoms with E-state index in [0.29, 0.717) is 48.6 Å². The molecular formula is C57H82N13O16PS2. The molecule has 0 bridgehead atoms. The van der Waals surface area contributed by atoms with Gasteiger partial charge in [-0.1, -0.05) is 55.0 Å². The first-order chi connectivity index (χ1) is 42.0. The summed E-state index contributed by atoms with van der Waals surface area (Å²) in [4.78, 5) is 179. The first-order valence-electron chi connectivity index (χ1n) is 29.1. The standard InChI is InChI=1S/C57H82N13O16PS2/c1-30(62-53(78)39(63-34(5)71)19-14-15-25-60-46(73)22-13-12-21-44-48-42(29-89-44)67-57(82)69-48)50(75)61-31(2)51(76)65-40(26-35-16-8-7-9-17-35)55(80)68-47(33(4)86-87(83,84)85)56(81)70(6)32(3)52(77)66-41(27-36-28-88-43-20-11-10-18-37(36)43)54(79)64-38(49(59)74)23-24-45(58)72/h7-11,16-18,20,28,30-33,38-42,44,47-48H,12-15,19,21-27,29H2,1-6H3,(H2,58,72)(H2,59,74)(H,60,73)(H,61,75)(H,62,78)(H,63,71)(H,64,79)(H,65,76)(H,66,77)(H,68,80)(H2,67,69,82)(H2,83,84,85)/t30-,31-,32-,33-,38-,39-,40-,41-,42-,44-,47-,48-/m0/s1. The third-order valence-electron chi connectivity index (χ3n) is 15.0. The van der Waals surface area contributed by atoms with Crippen LogP contribution in [0, 0.1) is 0 Å². The molecule has 0 unspecified atom stereocenters. The van der Waals surface area contributed by atoms with E-state index in [9.17, 15) is 71.9 Å². The van der Waals surface area contributed by atoms with Crippen molar-refractivity contribution in [3.63, 3.8) is 0 Å². The largest absolute Gasteiger partial charge is 0.469 e. The Balaban J connectivity index is 1.20. The Hall–Kier alpha value is -7.70. The lowest BCUT2D eigenvalue weighted by molar-refractivity contribution is -0.144. The number of carbonyl (C=O) groups is 12. The SMILES string of the molecule is CC(=O)N[C@@H](CCCCNC(=O)CCCC[C@@H]1SC[C@@H]2NC(=O)N[C@@H]21)C(=O)N[C@@H](C)C(=O)N[C@@H](C)C(=O)N[C@@H](Cc1ccccc1)C(=O)N[C@H](C(=O)N(C)[C@@H](C)C(=O)N[C@@H](Cc1csc2ccccc12)C(=O)N[C@@H](CCC(N)=O)C(N)=O)[C@H](C)OP(=O)(O)O. The van der Waals surface area contributed by atoms with E-state index >= 15 is 0 Å². The van der Waals surface area contributed by atoms with Gasteiger partial charge in [0, 0.05) is 61.9 Å². The molecule has 0 radical (unpaired) electrons. The number of rotatable bonds is 36. The summed E-state index contributed by atoms with van der Waals surface area (Å²) < 4.78 is 18.0. The average molecular weight is 1300 g/mol. The van der Waals surface area contributed by atoms with E-state index in [4.69, 9.17) is 16.0 Å². The minimum absolute atomic E-state index is 0.0980. The summed E-state index contributed by atoms with van der Waals surface area (Å²) in [6, 6.07) is 4.01. The maximum Gasteiger partial charge on any atom is 0.469 e. The van der Waals surface area contributed by atoms with Crippen LogP contribution in [0.2, 0.25) is 0 Å². The minimum Gasteiger partial charge on any atom is -0.370 e. The molecule has 3 aromatic rings. The first kappa shape index (κ1) is 72.0. The van der Waals surface area contributed by atoms with Gasteiger partial charge < -0.3 is 79.3 Å². The highest BCUT2D eigenvalue weighted by Gasteiger charge is 2.43. The lowest BCUT2D eigenvalue weighted by Gasteiger charge is -2.33. The molecule has 0 aliphatic carbocycles. The summed E-state index contributed by atoms with van der Waals surface area (Å²) in [7, 11) is -4.26. The number of benzene rings is 2. The van der Waals surface area contributed by atoms with Crippen LogP contribution in [0.25, 0.3) is 10.1 Å². The molecule has 32 heteroatoms. The zero-order valence-electron chi connectivity index (χ0n) is 50.4. The number of thiophene rings is 1. The van der Waals surface area contributed by atoms with Crippen molar-refractivity contribution in [1.82, 2.24) is 58.1 Å². The van der Waals surface area contributed by atoms with E-state index in [2.05, 4.69) is 53.2 Å². The Morgan fingerprint density at radius 2 is 1.30 bits per heavy atom. The Bertz CT molecular complexity index is 3080. The second-order valence-corrected chi connectivity index (χ2v) is 25.5. The molecule has 16 N–H and O–H groups in total. The van der Waals surface area contributed by atoms with Crippen LogP contribution < -0.4 is 64.6 Å². The summed E-state index contributed by atoms with van der Waals surface area (Å²) in [6.45, 7) is 6.51. The Morgan fingerprint density at radius 1 is 0.697 bits per heavy atom. The van der Waals surface area contributed by atoms with Crippen molar-refractivity contribution >= 4 is 112 Å². The number of unbranched alkanes of at least 4 members (excludes halogenated alkanes) is 2. The summed E-state index contributed by atoms with van der Waals surface area (Å²) >= 11 is 3.18. The van der Waals surface area contributed by atoms with Gasteiger partial charge in [-0.2, -0.15) is 11.8 Å². The molecule has 3 heterocycles. The van der Waals surface area contributed by atoms with Crippen LogP contribution in [0.1, 0.15) is 104 Å². The van der Waals surface area contributed by atoms with E-state index in [1.165, 1.54) is 39.0 Å². The molecule has 1 aromatic heterocycles. The van der Waals surface area contributed by atoms with Gasteiger partial charge >= 0.3 is 13.9 Å². The molecule has 2 aliphatic rings. The van der Waals surface area contributed by atoms with Crippen LogP contribution in [0.15, 0.2) is 60.0 Å². The molecule has 29 nitrogen and oxygen atoms in total. The number of hydrogen-bond acceptors (Lipinski definition) is 16. The number of fused-ring (bicyclic) bond motifs is 2. The van der Waals surface area contributed by atoms with Gasteiger partial charge in [-0.15, -0.1) is 11.3 Å². The maximum absolute atomic E-state index is 14.5. The zero-order valence-corrected chi connectivity index (χ0v) is 52.9. The fourth-order valence-electron chi connectivity index (χ4n) is 9.97. The van der Waals surface area contributed by atoms with Crippen molar-refractivity contribution in [1.29, 1.82) is 0 Å². The smallest absolute Gasteiger partial charge is 0.370 e. The number of nitrogens with zero attached hydrogens (tertiary/aromatic N) is 1. The Labute approximate surface area is 523 Å². The van der Waals surface area contributed by atoms with Crippen molar-refractivity contribution in [2.75, 3.05) is 19.3 Å². The molecule has 488 valence electrons. The normalized spacial score (nSPS) is 18.2. The predicted molar refractivity (Wildman–Crippen MR) is 329 cm³/mol. The van der Waals surface area contributed by atoms with Gasteiger partial charge in [0.2, 0.25) is 65.0 Å². The molecular weight excluding hydrogens is 1220 g/mol. The van der Waals surface area contributed by atoms with Crippen molar-refractivity contribution in [3.05, 3.63) is 71.1 Å². The van der Waals surface area contributed by atoms with Crippen LogP contribution in [-0.2, 0) is 74.7 Å². The Morgan fingerprint density at radius 3 is 1.97 bits per heavy atom. The van der Waals surface area contributed by atoms with Crippen LogP contribution in [-0.4, -0.2) is 177 Å². The minimum atomic E-state index is -5.39. The predicted octanol–water partition coefficient (Wildman–Crippen LogP) is -0.752. The zero-order chi connectivity index (χ0) is 65.7. The van der Waals surface area contributed by atoms with Gasteiger partial charge in [0.25, 0.3) is 0 Å². The number of primary amides is 2.